The van der Waals surface area contributed by atoms with E-state index >= 15 is 0 Å². The molecule has 176 valence electrons. The van der Waals surface area contributed by atoms with E-state index in [1.807, 2.05) is 0 Å². The van der Waals surface area contributed by atoms with Crippen LogP contribution in [0.4, 0.5) is 0 Å². The summed E-state index contributed by atoms with van der Waals surface area (Å²) >= 11 is 0. The van der Waals surface area contributed by atoms with Crippen molar-refractivity contribution < 1.29 is 13.9 Å². The molecular weight excluding hydrogens is 376 g/mol. The summed E-state index contributed by atoms with van der Waals surface area (Å²) in [6.07, 6.45) is 18.1. The minimum Gasteiger partial charge on any atom is -0.414 e. The third kappa shape index (κ3) is 18.6. The molecule has 0 N–H and O–H groups in total. The lowest BCUT2D eigenvalue weighted by molar-refractivity contribution is 0.0336. The summed E-state index contributed by atoms with van der Waals surface area (Å²) in [6, 6.07) is 0. The molecule has 0 heterocycles. The van der Waals surface area contributed by atoms with Crippen LogP contribution in [0.3, 0.4) is 0 Å². The topological polar surface area (TPSA) is 27.7 Å². The molecule has 0 aromatic heterocycles. The van der Waals surface area contributed by atoms with Crippen molar-refractivity contribution in [3.05, 3.63) is 0 Å². The van der Waals surface area contributed by atoms with E-state index in [1.165, 1.54) is 83.5 Å². The van der Waals surface area contributed by atoms with Crippen LogP contribution < -0.4 is 0 Å². The van der Waals surface area contributed by atoms with Gasteiger partial charge in [-0.1, -0.05) is 105 Å². The highest BCUT2D eigenvalue weighted by atomic mass is 28.4. The van der Waals surface area contributed by atoms with Crippen LogP contribution in [0.2, 0.25) is 18.1 Å². The summed E-state index contributed by atoms with van der Waals surface area (Å²) in [6.45, 7) is 17.3. The first-order chi connectivity index (χ1) is 13.8. The van der Waals surface area contributed by atoms with Crippen LogP contribution >= 0.6 is 0 Å². The van der Waals surface area contributed by atoms with Crippen LogP contribution in [0.1, 0.15) is 111 Å². The van der Waals surface area contributed by atoms with Gasteiger partial charge in [0.15, 0.2) is 8.32 Å². The average molecular weight is 431 g/mol. The Morgan fingerprint density at radius 3 is 1.34 bits per heavy atom. The van der Waals surface area contributed by atoms with Gasteiger partial charge in [-0.25, -0.2) is 0 Å². The van der Waals surface area contributed by atoms with Gasteiger partial charge in [-0.2, -0.15) is 0 Å². The van der Waals surface area contributed by atoms with Crippen molar-refractivity contribution in [2.45, 2.75) is 129 Å². The van der Waals surface area contributed by atoms with Crippen molar-refractivity contribution in [1.29, 1.82) is 0 Å². The van der Waals surface area contributed by atoms with Crippen molar-refractivity contribution in [2.24, 2.45) is 0 Å². The molecule has 0 spiro atoms. The SMILES string of the molecule is CCCCCCCCCCCCCCCOCCOCCO[Si](C)(C)C(C)(C)C. The molecule has 0 aliphatic carbocycles. The van der Waals surface area contributed by atoms with Gasteiger partial charge in [0.2, 0.25) is 0 Å². The number of hydrogen-bond acceptors (Lipinski definition) is 3. The maximum Gasteiger partial charge on any atom is 0.192 e. The molecule has 0 aromatic carbocycles. The number of rotatable bonds is 21. The largest absolute Gasteiger partial charge is 0.414 e. The minimum absolute atomic E-state index is 0.268. The van der Waals surface area contributed by atoms with Crippen molar-refractivity contribution in [3.8, 4) is 0 Å². The molecule has 0 fully saturated rings. The highest BCUT2D eigenvalue weighted by Gasteiger charge is 2.36. The molecular formula is C25H54O3Si. The fourth-order valence-corrected chi connectivity index (χ4v) is 4.14. The smallest absolute Gasteiger partial charge is 0.192 e. The summed E-state index contributed by atoms with van der Waals surface area (Å²) in [5, 5.41) is 0.268. The Balaban J connectivity index is 3.17. The van der Waals surface area contributed by atoms with Crippen LogP contribution in [-0.4, -0.2) is 41.4 Å². The Kier molecular flexibility index (Phi) is 18.9. The van der Waals surface area contributed by atoms with E-state index in [2.05, 4.69) is 40.8 Å². The first-order valence-corrected chi connectivity index (χ1v) is 15.5. The van der Waals surface area contributed by atoms with Crippen LogP contribution in [0.25, 0.3) is 0 Å². The molecule has 0 saturated carbocycles. The second-order valence-electron chi connectivity index (χ2n) is 10.1. The zero-order chi connectivity index (χ0) is 21.8. The average Bonchev–Trinajstić information content (AvgIpc) is 2.65. The van der Waals surface area contributed by atoms with Gasteiger partial charge in [0, 0.05) is 6.61 Å². The van der Waals surface area contributed by atoms with Gasteiger partial charge in [-0.3, -0.25) is 0 Å². The maximum absolute atomic E-state index is 6.10. The fourth-order valence-electron chi connectivity index (χ4n) is 3.12. The predicted octanol–water partition coefficient (Wildman–Crippen LogP) is 8.13. The lowest BCUT2D eigenvalue weighted by Gasteiger charge is -2.36. The molecule has 0 unspecified atom stereocenters. The Morgan fingerprint density at radius 2 is 0.897 bits per heavy atom. The van der Waals surface area contributed by atoms with Crippen LogP contribution in [0.5, 0.6) is 0 Å². The molecule has 29 heavy (non-hydrogen) atoms. The van der Waals surface area contributed by atoms with Gasteiger partial charge >= 0.3 is 0 Å². The summed E-state index contributed by atoms with van der Waals surface area (Å²) in [5.41, 5.74) is 0. The molecule has 0 bridgehead atoms. The molecule has 0 amide bonds. The zero-order valence-corrected chi connectivity index (χ0v) is 22.0. The van der Waals surface area contributed by atoms with Crippen LogP contribution in [-0.2, 0) is 13.9 Å². The Morgan fingerprint density at radius 1 is 0.517 bits per heavy atom. The monoisotopic (exact) mass is 430 g/mol. The lowest BCUT2D eigenvalue weighted by Crippen LogP contribution is -2.41. The molecule has 0 aliphatic heterocycles. The summed E-state index contributed by atoms with van der Waals surface area (Å²) < 4.78 is 17.4. The molecule has 4 heteroatoms. The summed E-state index contributed by atoms with van der Waals surface area (Å²) in [7, 11) is -1.63. The van der Waals surface area contributed by atoms with Gasteiger partial charge in [0.05, 0.1) is 26.4 Å². The predicted molar refractivity (Wildman–Crippen MR) is 130 cm³/mol. The first kappa shape index (κ1) is 29.1. The molecule has 0 atom stereocenters. The maximum atomic E-state index is 6.10. The highest BCUT2D eigenvalue weighted by Crippen LogP contribution is 2.36. The standard InChI is InChI=1S/C25H54O3Si/c1-7-8-9-10-11-12-13-14-15-16-17-18-19-20-26-21-22-27-23-24-28-29(5,6)25(2,3)4/h7-24H2,1-6H3. The Labute approximate surface area is 184 Å². The van der Waals surface area contributed by atoms with Crippen LogP contribution in [0.15, 0.2) is 0 Å². The minimum atomic E-state index is -1.63. The Hall–Kier alpha value is 0.0969. The van der Waals surface area contributed by atoms with Crippen molar-refractivity contribution in [1.82, 2.24) is 0 Å². The zero-order valence-electron chi connectivity index (χ0n) is 21.0. The second kappa shape index (κ2) is 18.8. The number of hydrogen-bond donors (Lipinski definition) is 0. The van der Waals surface area contributed by atoms with Gasteiger partial charge in [0.25, 0.3) is 0 Å². The van der Waals surface area contributed by atoms with E-state index in [4.69, 9.17) is 13.9 Å². The molecule has 0 radical (unpaired) electrons. The molecule has 0 rings (SSSR count). The quantitative estimate of drug-likeness (QED) is 0.136. The van der Waals surface area contributed by atoms with Gasteiger partial charge < -0.3 is 13.9 Å². The summed E-state index contributed by atoms with van der Waals surface area (Å²) in [4.78, 5) is 0. The van der Waals surface area contributed by atoms with Gasteiger partial charge in [-0.05, 0) is 24.6 Å². The van der Waals surface area contributed by atoms with Crippen LogP contribution in [0, 0.1) is 0 Å². The van der Waals surface area contributed by atoms with E-state index in [0.29, 0.717) is 26.4 Å². The fraction of sp³-hybridized carbons (Fsp3) is 1.00. The van der Waals surface area contributed by atoms with E-state index < -0.39 is 8.32 Å². The van der Waals surface area contributed by atoms with E-state index in [0.717, 1.165) is 6.61 Å². The molecule has 0 aromatic rings. The third-order valence-electron chi connectivity index (χ3n) is 6.26. The van der Waals surface area contributed by atoms with E-state index in [-0.39, 0.29) is 5.04 Å². The van der Waals surface area contributed by atoms with Gasteiger partial charge in [-0.15, -0.1) is 0 Å². The molecule has 0 aliphatic rings. The normalized spacial score (nSPS) is 12.6. The lowest BCUT2D eigenvalue weighted by atomic mass is 10.0. The summed E-state index contributed by atoms with van der Waals surface area (Å²) in [5.74, 6) is 0. The van der Waals surface area contributed by atoms with E-state index in [1.54, 1.807) is 0 Å². The second-order valence-corrected chi connectivity index (χ2v) is 14.9. The van der Waals surface area contributed by atoms with Gasteiger partial charge in [0.1, 0.15) is 0 Å². The van der Waals surface area contributed by atoms with E-state index in [9.17, 15) is 0 Å². The third-order valence-corrected chi connectivity index (χ3v) is 10.8. The Bertz CT molecular complexity index is 339. The number of unbranched alkanes of at least 4 members (excludes halogenated alkanes) is 12. The van der Waals surface area contributed by atoms with Crippen molar-refractivity contribution in [3.63, 3.8) is 0 Å². The number of ether oxygens (including phenoxy) is 2. The van der Waals surface area contributed by atoms with Crippen molar-refractivity contribution in [2.75, 3.05) is 33.0 Å². The van der Waals surface area contributed by atoms with Crippen molar-refractivity contribution >= 4 is 8.32 Å². The first-order valence-electron chi connectivity index (χ1n) is 12.6. The highest BCUT2D eigenvalue weighted by molar-refractivity contribution is 6.74. The molecule has 3 nitrogen and oxygen atoms in total. The molecule has 0 saturated heterocycles.